The number of hydrogen-bond donors (Lipinski definition) is 0. The molecule has 2 aliphatic heterocycles. The molecule has 0 bridgehead atoms. The van der Waals surface area contributed by atoms with Gasteiger partial charge in [-0.1, -0.05) is 73.3 Å². The summed E-state index contributed by atoms with van der Waals surface area (Å²) in [7, 11) is 0. The van der Waals surface area contributed by atoms with E-state index >= 15 is 0 Å². The van der Waals surface area contributed by atoms with E-state index in [2.05, 4.69) is 6.58 Å². The third-order valence-electron chi connectivity index (χ3n) is 7.63. The molecule has 0 radical (unpaired) electrons. The molecule has 1 fully saturated rings. The zero-order valence-electron chi connectivity index (χ0n) is 24.3. The average Bonchev–Trinajstić information content (AvgIpc) is 3.34. The molecular weight excluding hydrogens is 590 g/mol. The van der Waals surface area contributed by atoms with Crippen molar-refractivity contribution in [3.63, 3.8) is 0 Å². The first-order valence-electron chi connectivity index (χ1n) is 14.4. The molecule has 2 heterocycles. The topological polar surface area (TPSA) is 126 Å². The number of rotatable bonds is 8. The predicted molar refractivity (Wildman–Crippen MR) is 163 cm³/mol. The minimum atomic E-state index is -1.51. The van der Waals surface area contributed by atoms with Crippen LogP contribution in [-0.4, -0.2) is 65.6 Å². The van der Waals surface area contributed by atoms with E-state index in [0.717, 1.165) is 4.90 Å². The van der Waals surface area contributed by atoms with E-state index in [1.165, 1.54) is 36.4 Å². The number of imide groups is 1. The quantitative estimate of drug-likeness (QED) is 0.155. The molecule has 230 valence electrons. The van der Waals surface area contributed by atoms with Gasteiger partial charge in [-0.05, 0) is 48.5 Å². The molecule has 4 atom stereocenters. The number of hydrogen-bond acceptors (Lipinski definition) is 9. The largest absolute Gasteiger partial charge is 0.485 e. The Balaban J connectivity index is 1.39. The maximum atomic E-state index is 13.6. The van der Waals surface area contributed by atoms with E-state index in [9.17, 15) is 24.0 Å². The van der Waals surface area contributed by atoms with Crippen LogP contribution in [0.3, 0.4) is 0 Å². The van der Waals surface area contributed by atoms with E-state index in [4.69, 9.17) is 18.9 Å². The Morgan fingerprint density at radius 1 is 0.609 bits per heavy atom. The normalized spacial score (nSPS) is 20.3. The Morgan fingerprint density at radius 2 is 1.02 bits per heavy atom. The highest BCUT2D eigenvalue weighted by Crippen LogP contribution is 2.36. The van der Waals surface area contributed by atoms with E-state index in [-0.39, 0.29) is 33.6 Å². The average molecular weight is 618 g/mol. The highest BCUT2D eigenvalue weighted by Gasteiger charge is 2.55. The van der Waals surface area contributed by atoms with Crippen LogP contribution >= 0.6 is 0 Å². The number of amides is 2. The van der Waals surface area contributed by atoms with Crippen molar-refractivity contribution in [2.75, 3.05) is 6.61 Å². The summed E-state index contributed by atoms with van der Waals surface area (Å²) in [4.78, 5) is 68.0. The van der Waals surface area contributed by atoms with Crippen molar-refractivity contribution in [2.24, 2.45) is 0 Å². The molecule has 46 heavy (non-hydrogen) atoms. The second kappa shape index (κ2) is 12.9. The second-order valence-corrected chi connectivity index (χ2v) is 10.5. The Labute approximate surface area is 263 Å². The summed E-state index contributed by atoms with van der Waals surface area (Å²) in [6.45, 7) is 3.52. The molecule has 4 aromatic carbocycles. The van der Waals surface area contributed by atoms with Crippen molar-refractivity contribution in [2.45, 2.75) is 24.4 Å². The van der Waals surface area contributed by atoms with Gasteiger partial charge in [-0.3, -0.25) is 14.5 Å². The second-order valence-electron chi connectivity index (χ2n) is 10.5. The third-order valence-corrected chi connectivity index (χ3v) is 7.63. The van der Waals surface area contributed by atoms with Crippen LogP contribution in [-0.2, 0) is 18.9 Å². The molecular formula is C36H27NO9. The van der Waals surface area contributed by atoms with Crippen LogP contribution in [0, 0.1) is 0 Å². The molecule has 10 heteroatoms. The first-order valence-corrected chi connectivity index (χ1v) is 14.4. The van der Waals surface area contributed by atoms with Gasteiger partial charge in [0.25, 0.3) is 11.8 Å². The lowest BCUT2D eigenvalue weighted by Crippen LogP contribution is -2.62. The summed E-state index contributed by atoms with van der Waals surface area (Å²) < 4.78 is 23.6. The highest BCUT2D eigenvalue weighted by atomic mass is 16.6. The van der Waals surface area contributed by atoms with Crippen LogP contribution < -0.4 is 0 Å². The summed E-state index contributed by atoms with van der Waals surface area (Å²) in [6.07, 6.45) is -4.22. The van der Waals surface area contributed by atoms with Crippen molar-refractivity contribution in [3.8, 4) is 0 Å². The molecule has 0 unspecified atom stereocenters. The lowest BCUT2D eigenvalue weighted by atomic mass is 9.94. The van der Waals surface area contributed by atoms with Gasteiger partial charge in [0.05, 0.1) is 27.8 Å². The molecule has 2 amide bonds. The maximum absolute atomic E-state index is 13.6. The Bertz CT molecular complexity index is 1770. The summed E-state index contributed by atoms with van der Waals surface area (Å²) in [5, 5.41) is 0. The molecule has 6 rings (SSSR count). The standard InChI is InChI=1S/C36H27NO9/c1-22-29(37-32(38)26-19-11-12-20-27(26)33(37)39)31(46-36(42)25-17-9-4-10-18-25)30(45-35(41)24-15-7-3-8-16-24)28(44-22)21-43-34(40)23-13-5-2-6-14-23/h2-20,28-31H,1,21H2/t28-,29+,30-,31-/m1/s1. The van der Waals surface area contributed by atoms with Gasteiger partial charge in [0.2, 0.25) is 0 Å². The molecule has 0 saturated carbocycles. The van der Waals surface area contributed by atoms with E-state index in [1.807, 2.05) is 0 Å². The third kappa shape index (κ3) is 5.88. The van der Waals surface area contributed by atoms with Crippen LogP contribution in [0.2, 0.25) is 0 Å². The summed E-state index contributed by atoms with van der Waals surface area (Å²) in [5.74, 6) is -3.77. The van der Waals surface area contributed by atoms with Crippen LogP contribution in [0.4, 0.5) is 0 Å². The molecule has 0 aliphatic carbocycles. The fraction of sp³-hybridized carbons (Fsp3) is 0.139. The maximum Gasteiger partial charge on any atom is 0.338 e. The first-order chi connectivity index (χ1) is 22.3. The zero-order chi connectivity index (χ0) is 32.2. The number of nitrogens with zero attached hydrogens (tertiary/aromatic N) is 1. The summed E-state index contributed by atoms with van der Waals surface area (Å²) in [6, 6.07) is 29.2. The molecule has 2 aliphatic rings. The zero-order valence-corrected chi connectivity index (χ0v) is 24.3. The van der Waals surface area contributed by atoms with Crippen molar-refractivity contribution in [3.05, 3.63) is 155 Å². The molecule has 10 nitrogen and oxygen atoms in total. The number of esters is 3. The predicted octanol–water partition coefficient (Wildman–Crippen LogP) is 4.87. The lowest BCUT2D eigenvalue weighted by molar-refractivity contribution is -0.149. The minimum Gasteiger partial charge on any atom is -0.485 e. The SMILES string of the molecule is C=C1O[C@H](COC(=O)c2ccccc2)[C@@H](OC(=O)c2ccccc2)[C@H](OC(=O)c2ccccc2)[C@H]1N1C(=O)c2ccccc2C1=O. The Kier molecular flexibility index (Phi) is 8.42. The number of fused-ring (bicyclic) bond motifs is 1. The van der Waals surface area contributed by atoms with Crippen molar-refractivity contribution in [1.29, 1.82) is 0 Å². The van der Waals surface area contributed by atoms with Gasteiger partial charge < -0.3 is 18.9 Å². The molecule has 1 saturated heterocycles. The number of carbonyl (C=O) groups is 5. The molecule has 0 N–H and O–H groups in total. The number of ether oxygens (including phenoxy) is 4. The first kappa shape index (κ1) is 30.0. The van der Waals surface area contributed by atoms with Crippen LogP contribution in [0.1, 0.15) is 51.8 Å². The fourth-order valence-electron chi connectivity index (χ4n) is 5.41. The summed E-state index contributed by atoms with van der Waals surface area (Å²) in [5.41, 5.74) is 0.902. The number of benzene rings is 4. The van der Waals surface area contributed by atoms with E-state index in [0.29, 0.717) is 0 Å². The minimum absolute atomic E-state index is 0.131. The van der Waals surface area contributed by atoms with Crippen molar-refractivity contribution in [1.82, 2.24) is 4.90 Å². The van der Waals surface area contributed by atoms with Crippen LogP contribution in [0.15, 0.2) is 128 Å². The van der Waals surface area contributed by atoms with Crippen LogP contribution in [0.25, 0.3) is 0 Å². The molecule has 0 spiro atoms. The monoisotopic (exact) mass is 617 g/mol. The Hall–Kier alpha value is -6.03. The van der Waals surface area contributed by atoms with E-state index in [1.54, 1.807) is 78.9 Å². The van der Waals surface area contributed by atoms with Gasteiger partial charge in [-0.15, -0.1) is 0 Å². The highest BCUT2D eigenvalue weighted by molar-refractivity contribution is 6.21. The smallest absolute Gasteiger partial charge is 0.338 e. The van der Waals surface area contributed by atoms with Gasteiger partial charge in [0.1, 0.15) is 18.4 Å². The van der Waals surface area contributed by atoms with Gasteiger partial charge in [-0.25, -0.2) is 14.4 Å². The Morgan fingerprint density at radius 3 is 1.50 bits per heavy atom. The lowest BCUT2D eigenvalue weighted by Gasteiger charge is -2.44. The van der Waals surface area contributed by atoms with Gasteiger partial charge in [0.15, 0.2) is 18.3 Å². The van der Waals surface area contributed by atoms with Crippen molar-refractivity contribution < 1.29 is 42.9 Å². The molecule has 0 aromatic heterocycles. The fourth-order valence-corrected chi connectivity index (χ4v) is 5.41. The van der Waals surface area contributed by atoms with Gasteiger partial charge in [0, 0.05) is 0 Å². The van der Waals surface area contributed by atoms with Crippen LogP contribution in [0.5, 0.6) is 0 Å². The molecule has 4 aromatic rings. The van der Waals surface area contributed by atoms with Crippen molar-refractivity contribution >= 4 is 29.7 Å². The van der Waals surface area contributed by atoms with Gasteiger partial charge >= 0.3 is 17.9 Å². The number of carbonyl (C=O) groups excluding carboxylic acids is 5. The van der Waals surface area contributed by atoms with Gasteiger partial charge in [-0.2, -0.15) is 0 Å². The van der Waals surface area contributed by atoms with E-state index < -0.39 is 60.7 Å². The summed E-state index contributed by atoms with van der Waals surface area (Å²) >= 11 is 0.